The highest BCUT2D eigenvalue weighted by Gasteiger charge is 2.25. The van der Waals surface area contributed by atoms with Crippen molar-refractivity contribution in [3.63, 3.8) is 0 Å². The third kappa shape index (κ3) is 2.32. The fourth-order valence-corrected chi connectivity index (χ4v) is 1.74. The van der Waals surface area contributed by atoms with Crippen molar-refractivity contribution in [3.8, 4) is 0 Å². The van der Waals surface area contributed by atoms with Crippen molar-refractivity contribution < 1.29 is 5.11 Å². The molecule has 0 aromatic carbocycles. The average Bonchev–Trinajstić information content (AvgIpc) is 2.84. The van der Waals surface area contributed by atoms with Gasteiger partial charge >= 0.3 is 0 Å². The maximum absolute atomic E-state index is 9.77. The molecule has 1 heterocycles. The van der Waals surface area contributed by atoms with E-state index in [2.05, 4.69) is 10.1 Å². The maximum atomic E-state index is 9.77. The lowest BCUT2D eigenvalue weighted by Crippen LogP contribution is -2.15. The van der Waals surface area contributed by atoms with Crippen molar-refractivity contribution in [2.75, 3.05) is 0 Å². The second-order valence-corrected chi connectivity index (χ2v) is 4.03. The van der Waals surface area contributed by atoms with Crippen LogP contribution in [-0.2, 0) is 13.0 Å². The van der Waals surface area contributed by atoms with Gasteiger partial charge in [0.2, 0.25) is 0 Å². The molecule has 1 atom stereocenters. The second kappa shape index (κ2) is 4.09. The lowest BCUT2D eigenvalue weighted by atomic mass is 10.1. The predicted octanol–water partition coefficient (Wildman–Crippen LogP) is 1.00. The van der Waals surface area contributed by atoms with E-state index in [1.807, 2.05) is 11.6 Å². The normalized spacial score (nSPS) is 18.4. The topological polar surface area (TPSA) is 50.9 Å². The Balaban J connectivity index is 1.88. The summed E-state index contributed by atoms with van der Waals surface area (Å²) in [5.41, 5.74) is 0. The highest BCUT2D eigenvalue weighted by molar-refractivity contribution is 4.89. The van der Waals surface area contributed by atoms with Gasteiger partial charge in [0.05, 0.1) is 6.10 Å². The van der Waals surface area contributed by atoms with Crippen LogP contribution in [0.15, 0.2) is 6.33 Å². The lowest BCUT2D eigenvalue weighted by Gasteiger charge is -2.09. The minimum absolute atomic E-state index is 0.239. The number of rotatable bonds is 5. The third-order valence-electron chi connectivity index (χ3n) is 2.72. The van der Waals surface area contributed by atoms with Gasteiger partial charge in [0.15, 0.2) is 0 Å². The van der Waals surface area contributed by atoms with E-state index in [4.69, 9.17) is 0 Å². The first kappa shape index (κ1) is 9.65. The van der Waals surface area contributed by atoms with Crippen molar-refractivity contribution in [3.05, 3.63) is 12.2 Å². The molecule has 0 saturated heterocycles. The number of aliphatic hydroxyl groups is 1. The van der Waals surface area contributed by atoms with Gasteiger partial charge in [-0.2, -0.15) is 5.10 Å². The van der Waals surface area contributed by atoms with Gasteiger partial charge in [-0.05, 0) is 19.3 Å². The Bertz CT molecular complexity index is 293. The lowest BCUT2D eigenvalue weighted by molar-refractivity contribution is 0.154. The molecule has 78 valence electrons. The zero-order valence-electron chi connectivity index (χ0n) is 8.56. The molecular formula is C10H17N3O. The summed E-state index contributed by atoms with van der Waals surface area (Å²) in [6, 6.07) is 0. The molecule has 1 unspecified atom stereocenters. The summed E-state index contributed by atoms with van der Waals surface area (Å²) < 4.78 is 1.84. The zero-order chi connectivity index (χ0) is 9.97. The quantitative estimate of drug-likeness (QED) is 0.762. The zero-order valence-corrected chi connectivity index (χ0v) is 8.56. The van der Waals surface area contributed by atoms with Crippen LogP contribution in [0.4, 0.5) is 0 Å². The standard InChI is InChI=1S/C10H17N3O/c1-2-13-10(11-7-12-13)6-9(14)5-8-3-4-8/h7-9,14H,2-6H2,1H3. The molecule has 1 aromatic heterocycles. The minimum Gasteiger partial charge on any atom is -0.393 e. The summed E-state index contributed by atoms with van der Waals surface area (Å²) in [5.74, 6) is 1.67. The Morgan fingerprint density at radius 2 is 2.43 bits per heavy atom. The first-order valence-electron chi connectivity index (χ1n) is 5.34. The van der Waals surface area contributed by atoms with Gasteiger partial charge in [-0.15, -0.1) is 0 Å². The number of hydrogen-bond acceptors (Lipinski definition) is 3. The number of aromatic nitrogens is 3. The van der Waals surface area contributed by atoms with Crippen LogP contribution in [0.5, 0.6) is 0 Å². The van der Waals surface area contributed by atoms with Gasteiger partial charge in [-0.1, -0.05) is 12.8 Å². The van der Waals surface area contributed by atoms with Crippen LogP contribution in [0.1, 0.15) is 32.0 Å². The van der Waals surface area contributed by atoms with E-state index in [0.29, 0.717) is 6.42 Å². The van der Waals surface area contributed by atoms with Crippen molar-refractivity contribution >= 4 is 0 Å². The minimum atomic E-state index is -0.239. The van der Waals surface area contributed by atoms with Crippen LogP contribution in [0.3, 0.4) is 0 Å². The highest BCUT2D eigenvalue weighted by atomic mass is 16.3. The SMILES string of the molecule is CCn1ncnc1CC(O)CC1CC1. The van der Waals surface area contributed by atoms with E-state index in [1.165, 1.54) is 12.8 Å². The van der Waals surface area contributed by atoms with Crippen LogP contribution >= 0.6 is 0 Å². The van der Waals surface area contributed by atoms with Crippen molar-refractivity contribution in [2.24, 2.45) is 5.92 Å². The third-order valence-corrected chi connectivity index (χ3v) is 2.72. The Kier molecular flexibility index (Phi) is 2.82. The molecule has 0 spiro atoms. The Morgan fingerprint density at radius 3 is 3.07 bits per heavy atom. The second-order valence-electron chi connectivity index (χ2n) is 4.03. The number of hydrogen-bond donors (Lipinski definition) is 1. The number of aliphatic hydroxyl groups excluding tert-OH is 1. The molecule has 2 rings (SSSR count). The van der Waals surface area contributed by atoms with E-state index < -0.39 is 0 Å². The molecule has 1 aromatic rings. The largest absolute Gasteiger partial charge is 0.393 e. The van der Waals surface area contributed by atoms with E-state index in [0.717, 1.165) is 24.7 Å². The van der Waals surface area contributed by atoms with Gasteiger partial charge in [-0.25, -0.2) is 4.98 Å². The van der Waals surface area contributed by atoms with Crippen LogP contribution < -0.4 is 0 Å². The average molecular weight is 195 g/mol. The number of aryl methyl sites for hydroxylation is 1. The molecule has 1 aliphatic rings. The molecule has 0 bridgehead atoms. The monoisotopic (exact) mass is 195 g/mol. The number of nitrogens with zero attached hydrogens (tertiary/aromatic N) is 3. The molecule has 4 heteroatoms. The molecule has 0 aliphatic heterocycles. The predicted molar refractivity (Wildman–Crippen MR) is 52.7 cm³/mol. The smallest absolute Gasteiger partial charge is 0.138 e. The van der Waals surface area contributed by atoms with Crippen molar-refractivity contribution in [1.29, 1.82) is 0 Å². The van der Waals surface area contributed by atoms with Crippen LogP contribution in [0.25, 0.3) is 0 Å². The van der Waals surface area contributed by atoms with Crippen molar-refractivity contribution in [2.45, 2.75) is 45.3 Å². The Hall–Kier alpha value is -0.900. The van der Waals surface area contributed by atoms with E-state index in [-0.39, 0.29) is 6.10 Å². The summed E-state index contributed by atoms with van der Waals surface area (Å²) in [4.78, 5) is 4.15. The van der Waals surface area contributed by atoms with Gasteiger partial charge < -0.3 is 5.11 Å². The van der Waals surface area contributed by atoms with Gasteiger partial charge in [0.1, 0.15) is 12.2 Å². The molecule has 1 aliphatic carbocycles. The fourth-order valence-electron chi connectivity index (χ4n) is 1.74. The molecule has 4 nitrogen and oxygen atoms in total. The molecule has 1 N–H and O–H groups in total. The first-order valence-corrected chi connectivity index (χ1v) is 5.34. The van der Waals surface area contributed by atoms with E-state index in [9.17, 15) is 5.11 Å². The summed E-state index contributed by atoms with van der Waals surface area (Å²) in [7, 11) is 0. The van der Waals surface area contributed by atoms with Crippen molar-refractivity contribution in [1.82, 2.24) is 14.8 Å². The van der Waals surface area contributed by atoms with Crippen LogP contribution in [0.2, 0.25) is 0 Å². The van der Waals surface area contributed by atoms with Gasteiger partial charge in [0, 0.05) is 13.0 Å². The maximum Gasteiger partial charge on any atom is 0.138 e. The summed E-state index contributed by atoms with van der Waals surface area (Å²) >= 11 is 0. The Morgan fingerprint density at radius 1 is 1.64 bits per heavy atom. The molecule has 14 heavy (non-hydrogen) atoms. The molecule has 1 saturated carbocycles. The fraction of sp³-hybridized carbons (Fsp3) is 0.800. The highest BCUT2D eigenvalue weighted by Crippen LogP contribution is 2.33. The summed E-state index contributed by atoms with van der Waals surface area (Å²) in [6.45, 7) is 2.86. The summed E-state index contributed by atoms with van der Waals surface area (Å²) in [6.07, 6.45) is 5.47. The Labute approximate surface area is 84.0 Å². The molecular weight excluding hydrogens is 178 g/mol. The van der Waals surface area contributed by atoms with Crippen LogP contribution in [0, 0.1) is 5.92 Å². The first-order chi connectivity index (χ1) is 6.79. The van der Waals surface area contributed by atoms with Crippen LogP contribution in [-0.4, -0.2) is 26.0 Å². The molecule has 0 amide bonds. The summed E-state index contributed by atoms with van der Waals surface area (Å²) in [5, 5.41) is 13.8. The van der Waals surface area contributed by atoms with E-state index in [1.54, 1.807) is 6.33 Å². The molecule has 0 radical (unpaired) electrons. The van der Waals surface area contributed by atoms with E-state index >= 15 is 0 Å². The molecule has 1 fully saturated rings. The van der Waals surface area contributed by atoms with Gasteiger partial charge in [0.25, 0.3) is 0 Å². The van der Waals surface area contributed by atoms with Gasteiger partial charge in [-0.3, -0.25) is 4.68 Å².